The molecule has 0 bridgehead atoms. The number of aryl methyl sites for hydroxylation is 1. The summed E-state index contributed by atoms with van der Waals surface area (Å²) in [6.07, 6.45) is -0.240. The lowest BCUT2D eigenvalue weighted by molar-refractivity contribution is -0.00677. The Labute approximate surface area is 135 Å². The van der Waals surface area contributed by atoms with Crippen molar-refractivity contribution in [3.8, 4) is 0 Å². The Morgan fingerprint density at radius 2 is 1.90 bits per heavy atom. The van der Waals surface area contributed by atoms with Gasteiger partial charge < -0.3 is 14.4 Å². The molecule has 0 spiro atoms. The monoisotopic (exact) mass is 357 g/mol. The van der Waals surface area contributed by atoms with Crippen LogP contribution in [0.15, 0.2) is 28.7 Å². The number of nitrogens with zero attached hydrogens (tertiary/aromatic N) is 1. The fraction of sp³-hybridized carbons (Fsp3) is 0.562. The Hall–Kier alpha value is -1.07. The van der Waals surface area contributed by atoms with E-state index in [1.165, 1.54) is 5.56 Å². The molecule has 0 saturated carbocycles. The van der Waals surface area contributed by atoms with Crippen LogP contribution in [0.5, 0.6) is 0 Å². The molecule has 0 unspecified atom stereocenters. The zero-order chi connectivity index (χ0) is 15.9. The molecule has 1 saturated heterocycles. The van der Waals surface area contributed by atoms with Gasteiger partial charge in [0.25, 0.3) is 0 Å². The van der Waals surface area contributed by atoms with E-state index in [0.29, 0.717) is 26.3 Å². The van der Waals surface area contributed by atoms with Gasteiger partial charge in [0.2, 0.25) is 0 Å². The van der Waals surface area contributed by atoms with Crippen LogP contribution in [0.4, 0.5) is 4.79 Å². The molecule has 1 fully saturated rings. The standard InChI is InChI=1S/C9H17NO3.C7H7Br/c1-9(2,3)13-8(11)10-4-6-12-7-5-10;1-6-3-2-4-7(8)5-6/h4-7H2,1-3H3;2-5H,1H3. The van der Waals surface area contributed by atoms with E-state index in [1.54, 1.807) is 4.90 Å². The van der Waals surface area contributed by atoms with E-state index in [9.17, 15) is 4.79 Å². The lowest BCUT2D eigenvalue weighted by Gasteiger charge is -2.29. The molecule has 1 aromatic rings. The smallest absolute Gasteiger partial charge is 0.410 e. The van der Waals surface area contributed by atoms with E-state index in [4.69, 9.17) is 9.47 Å². The van der Waals surface area contributed by atoms with E-state index >= 15 is 0 Å². The Balaban J connectivity index is 0.000000235. The van der Waals surface area contributed by atoms with E-state index in [0.717, 1.165) is 4.47 Å². The van der Waals surface area contributed by atoms with E-state index < -0.39 is 5.60 Å². The number of morpholine rings is 1. The van der Waals surface area contributed by atoms with Gasteiger partial charge >= 0.3 is 6.09 Å². The zero-order valence-corrected chi connectivity index (χ0v) is 14.8. The van der Waals surface area contributed by atoms with Crippen molar-refractivity contribution >= 4 is 22.0 Å². The van der Waals surface area contributed by atoms with Gasteiger partial charge in [-0.15, -0.1) is 0 Å². The minimum Gasteiger partial charge on any atom is -0.444 e. The maximum atomic E-state index is 11.5. The highest BCUT2D eigenvalue weighted by Crippen LogP contribution is 2.11. The molecule has 0 radical (unpaired) electrons. The number of rotatable bonds is 0. The first kappa shape index (κ1) is 18.0. The lowest BCUT2D eigenvalue weighted by Crippen LogP contribution is -2.43. The number of hydrogen-bond donors (Lipinski definition) is 0. The third-order valence-corrected chi connectivity index (χ3v) is 3.14. The average Bonchev–Trinajstić information content (AvgIpc) is 2.38. The summed E-state index contributed by atoms with van der Waals surface area (Å²) in [5.74, 6) is 0. The summed E-state index contributed by atoms with van der Waals surface area (Å²) in [7, 11) is 0. The van der Waals surface area contributed by atoms with Gasteiger partial charge in [0, 0.05) is 17.6 Å². The molecule has 0 N–H and O–H groups in total. The van der Waals surface area contributed by atoms with Crippen molar-refractivity contribution in [2.45, 2.75) is 33.3 Å². The molecular formula is C16H24BrNO3. The molecular weight excluding hydrogens is 334 g/mol. The molecule has 5 heteroatoms. The van der Waals surface area contributed by atoms with Gasteiger partial charge in [0.05, 0.1) is 13.2 Å². The minimum absolute atomic E-state index is 0.240. The summed E-state index contributed by atoms with van der Waals surface area (Å²) in [5.41, 5.74) is 0.884. The van der Waals surface area contributed by atoms with E-state index in [-0.39, 0.29) is 6.09 Å². The van der Waals surface area contributed by atoms with Crippen LogP contribution in [0.3, 0.4) is 0 Å². The fourth-order valence-corrected chi connectivity index (χ4v) is 2.19. The van der Waals surface area contributed by atoms with Crippen LogP contribution in [0, 0.1) is 6.92 Å². The van der Waals surface area contributed by atoms with Crippen LogP contribution < -0.4 is 0 Å². The maximum Gasteiger partial charge on any atom is 0.410 e. The van der Waals surface area contributed by atoms with Gasteiger partial charge in [-0.3, -0.25) is 0 Å². The van der Waals surface area contributed by atoms with Crippen LogP contribution in [-0.2, 0) is 9.47 Å². The number of carbonyl (C=O) groups excluding carboxylic acids is 1. The van der Waals surface area contributed by atoms with Gasteiger partial charge in [-0.2, -0.15) is 0 Å². The highest BCUT2D eigenvalue weighted by atomic mass is 79.9. The third-order valence-electron chi connectivity index (χ3n) is 2.64. The van der Waals surface area contributed by atoms with Crippen molar-refractivity contribution in [3.05, 3.63) is 34.3 Å². The first-order chi connectivity index (χ1) is 9.78. The normalized spacial score (nSPS) is 15.0. The molecule has 1 aliphatic rings. The Morgan fingerprint density at radius 1 is 1.29 bits per heavy atom. The number of carbonyl (C=O) groups is 1. The first-order valence-corrected chi connectivity index (χ1v) is 7.85. The zero-order valence-electron chi connectivity index (χ0n) is 13.2. The molecule has 1 aromatic carbocycles. The van der Waals surface area contributed by atoms with Crippen molar-refractivity contribution in [1.29, 1.82) is 0 Å². The van der Waals surface area contributed by atoms with Crippen molar-refractivity contribution in [3.63, 3.8) is 0 Å². The second-order valence-corrected chi connectivity index (χ2v) is 6.79. The van der Waals surface area contributed by atoms with E-state index in [1.807, 2.05) is 32.9 Å². The van der Waals surface area contributed by atoms with Crippen LogP contribution in [0.1, 0.15) is 26.3 Å². The van der Waals surface area contributed by atoms with Gasteiger partial charge in [-0.25, -0.2) is 4.79 Å². The maximum absolute atomic E-state index is 11.5. The largest absolute Gasteiger partial charge is 0.444 e. The molecule has 0 aromatic heterocycles. The van der Waals surface area contributed by atoms with Crippen molar-refractivity contribution in [2.24, 2.45) is 0 Å². The molecule has 0 aliphatic carbocycles. The molecule has 4 nitrogen and oxygen atoms in total. The summed E-state index contributed by atoms with van der Waals surface area (Å²) >= 11 is 3.36. The van der Waals surface area contributed by atoms with Gasteiger partial charge in [0.1, 0.15) is 5.60 Å². The fourth-order valence-electron chi connectivity index (χ4n) is 1.68. The molecule has 21 heavy (non-hydrogen) atoms. The average molecular weight is 358 g/mol. The van der Waals surface area contributed by atoms with Crippen LogP contribution in [-0.4, -0.2) is 42.9 Å². The number of halogens is 1. The number of ether oxygens (including phenoxy) is 2. The van der Waals surface area contributed by atoms with Crippen LogP contribution in [0.25, 0.3) is 0 Å². The predicted octanol–water partition coefficient (Wildman–Crippen LogP) is 4.01. The summed E-state index contributed by atoms with van der Waals surface area (Å²) in [6.45, 7) is 10.2. The molecule has 1 amide bonds. The second-order valence-electron chi connectivity index (χ2n) is 5.88. The molecule has 118 valence electrons. The van der Waals surface area contributed by atoms with Crippen molar-refractivity contribution < 1.29 is 14.3 Å². The molecule has 1 aliphatic heterocycles. The second kappa shape index (κ2) is 8.39. The Kier molecular flexibility index (Phi) is 7.18. The predicted molar refractivity (Wildman–Crippen MR) is 87.5 cm³/mol. The lowest BCUT2D eigenvalue weighted by atomic mass is 10.2. The van der Waals surface area contributed by atoms with Gasteiger partial charge in [-0.05, 0) is 39.8 Å². The molecule has 2 rings (SSSR count). The molecule has 1 heterocycles. The third kappa shape index (κ3) is 8.07. The van der Waals surface area contributed by atoms with Crippen LogP contribution >= 0.6 is 15.9 Å². The number of amides is 1. The summed E-state index contributed by atoms with van der Waals surface area (Å²) in [6, 6.07) is 8.21. The highest BCUT2D eigenvalue weighted by Gasteiger charge is 2.23. The van der Waals surface area contributed by atoms with Crippen LogP contribution in [0.2, 0.25) is 0 Å². The summed E-state index contributed by atoms with van der Waals surface area (Å²) in [5, 5.41) is 0. The van der Waals surface area contributed by atoms with Crippen molar-refractivity contribution in [2.75, 3.05) is 26.3 Å². The first-order valence-electron chi connectivity index (χ1n) is 7.06. The highest BCUT2D eigenvalue weighted by molar-refractivity contribution is 9.10. The summed E-state index contributed by atoms with van der Waals surface area (Å²) < 4.78 is 11.5. The van der Waals surface area contributed by atoms with Gasteiger partial charge in [0.15, 0.2) is 0 Å². The Bertz CT molecular complexity index is 434. The number of hydrogen-bond acceptors (Lipinski definition) is 3. The van der Waals surface area contributed by atoms with Gasteiger partial charge in [-0.1, -0.05) is 33.6 Å². The number of benzene rings is 1. The Morgan fingerprint density at radius 3 is 2.33 bits per heavy atom. The topological polar surface area (TPSA) is 38.8 Å². The quantitative estimate of drug-likeness (QED) is 0.703. The van der Waals surface area contributed by atoms with Crippen molar-refractivity contribution in [1.82, 2.24) is 4.90 Å². The van der Waals surface area contributed by atoms with E-state index in [2.05, 4.69) is 35.0 Å². The molecule has 0 atom stereocenters. The SMILES string of the molecule is CC(C)(C)OC(=O)N1CCOCC1.Cc1cccc(Br)c1. The summed E-state index contributed by atoms with van der Waals surface area (Å²) in [4.78, 5) is 13.1. The minimum atomic E-state index is -0.407.